The van der Waals surface area contributed by atoms with Gasteiger partial charge in [0.2, 0.25) is 0 Å². The molecule has 1 aliphatic rings. The van der Waals surface area contributed by atoms with E-state index in [0.29, 0.717) is 16.4 Å². The predicted octanol–water partition coefficient (Wildman–Crippen LogP) is 2.42. The van der Waals surface area contributed by atoms with E-state index in [2.05, 4.69) is 36.2 Å². The third-order valence-corrected chi connectivity index (χ3v) is 4.74. The first kappa shape index (κ1) is 18.5. The van der Waals surface area contributed by atoms with Gasteiger partial charge < -0.3 is 10.1 Å². The van der Waals surface area contributed by atoms with E-state index in [1.807, 2.05) is 45.9 Å². The zero-order chi connectivity index (χ0) is 18.5. The Kier molecular flexibility index (Phi) is 5.99. The second-order valence-corrected chi connectivity index (χ2v) is 7.39. The topological polar surface area (TPSA) is 85.2 Å². The van der Waals surface area contributed by atoms with Crippen LogP contribution in [0.5, 0.6) is 0 Å². The lowest BCUT2D eigenvalue weighted by atomic mass is 10.1. The fraction of sp³-hybridized carbons (Fsp3) is 0. The molecule has 1 aromatic heterocycles. The largest absolute Gasteiger partial charge is 0.344 e. The molecule has 0 fully saturated rings. The summed E-state index contributed by atoms with van der Waals surface area (Å²) in [6.45, 7) is 0. The molecule has 0 bridgehead atoms. The molecule has 0 aliphatic carbocycles. The van der Waals surface area contributed by atoms with Crippen molar-refractivity contribution >= 4 is 71.8 Å². The molecule has 0 unspecified atom stereocenters. The second kappa shape index (κ2) is 8.41. The number of aromatic nitrogens is 1. The number of benzene rings is 1. The Labute approximate surface area is 170 Å². The Hall–Kier alpha value is -2.27. The van der Waals surface area contributed by atoms with Crippen LogP contribution in [0.15, 0.2) is 57.5 Å². The van der Waals surface area contributed by atoms with Gasteiger partial charge in [0.15, 0.2) is 5.13 Å². The summed E-state index contributed by atoms with van der Waals surface area (Å²) in [4.78, 5) is 28.4. The minimum absolute atomic E-state index is 0.290. The third-order valence-electron chi connectivity index (χ3n) is 3.31. The van der Waals surface area contributed by atoms with Crippen molar-refractivity contribution in [1.29, 1.82) is 0 Å². The maximum Gasteiger partial charge on any atom is 0.294 e. The molecule has 2 heterocycles. The van der Waals surface area contributed by atoms with Crippen molar-refractivity contribution in [3.8, 4) is 11.3 Å². The van der Waals surface area contributed by atoms with Gasteiger partial charge in [-0.15, -0.1) is 16.0 Å². The van der Waals surface area contributed by atoms with Gasteiger partial charge in [-0.05, 0) is 12.1 Å². The smallest absolute Gasteiger partial charge is 0.294 e. The summed E-state index contributed by atoms with van der Waals surface area (Å²) >= 11 is 6.74. The normalized spacial score (nSPS) is 12.8. The number of carbonyl (C=O) groups is 2. The SMILES string of the molecule is O=[C]([Al])NC1=CC=[N+]=CC=C1C(=O)Nc1nc(-c2ccc(Br)cc2)cs1. The molecule has 1 aliphatic heterocycles. The maximum absolute atomic E-state index is 12.6. The van der Waals surface area contributed by atoms with Crippen LogP contribution in [-0.4, -0.2) is 44.4 Å². The summed E-state index contributed by atoms with van der Waals surface area (Å²) in [5.74, 6) is -0.381. The Morgan fingerprint density at radius 3 is 2.58 bits per heavy atom. The first-order chi connectivity index (χ1) is 12.5. The van der Waals surface area contributed by atoms with Crippen LogP contribution in [0.2, 0.25) is 0 Å². The number of allylic oxidation sites excluding steroid dienone is 2. The van der Waals surface area contributed by atoms with E-state index in [4.69, 9.17) is 0 Å². The number of hydrogen-bond acceptors (Lipinski definition) is 4. The molecule has 0 saturated carbocycles. The second-order valence-electron chi connectivity index (χ2n) is 5.10. The highest BCUT2D eigenvalue weighted by Crippen LogP contribution is 2.26. The molecule has 9 heteroatoms. The zero-order valence-corrected chi connectivity index (χ0v) is 16.8. The van der Waals surface area contributed by atoms with E-state index in [-0.39, 0.29) is 10.7 Å². The van der Waals surface area contributed by atoms with E-state index in [1.54, 1.807) is 6.08 Å². The van der Waals surface area contributed by atoms with Gasteiger partial charge in [-0.2, -0.15) is 0 Å². The summed E-state index contributed by atoms with van der Waals surface area (Å²) in [5.41, 5.74) is 2.39. The van der Waals surface area contributed by atoms with Crippen molar-refractivity contribution in [3.05, 3.63) is 57.5 Å². The van der Waals surface area contributed by atoms with Crippen LogP contribution in [0.4, 0.5) is 9.93 Å². The summed E-state index contributed by atoms with van der Waals surface area (Å²) in [6.07, 6.45) is 6.09. The number of halogens is 1. The van der Waals surface area contributed by atoms with Gasteiger partial charge in [0, 0.05) is 27.6 Å². The first-order valence-electron chi connectivity index (χ1n) is 7.39. The van der Waals surface area contributed by atoms with Crippen LogP contribution in [0, 0.1) is 0 Å². The Morgan fingerprint density at radius 1 is 1.12 bits per heavy atom. The van der Waals surface area contributed by atoms with Crippen molar-refractivity contribution in [1.82, 2.24) is 15.0 Å². The van der Waals surface area contributed by atoms with Crippen LogP contribution in [0.1, 0.15) is 0 Å². The number of anilines is 1. The molecule has 0 atom stereocenters. The number of carbonyl (C=O) groups excluding carboxylic acids is 2. The number of nitrogens with zero attached hydrogens (tertiary/aromatic N) is 2. The number of thiazole rings is 1. The maximum atomic E-state index is 12.6. The summed E-state index contributed by atoms with van der Waals surface area (Å²) in [7, 11) is 0. The summed E-state index contributed by atoms with van der Waals surface area (Å²) in [6, 6.07) is 7.75. The van der Waals surface area contributed by atoms with Crippen molar-refractivity contribution in [2.45, 2.75) is 0 Å². The van der Waals surface area contributed by atoms with E-state index in [1.165, 1.54) is 29.8 Å². The molecule has 6 nitrogen and oxygen atoms in total. The summed E-state index contributed by atoms with van der Waals surface area (Å²) in [5, 5.41) is 7.70. The molecule has 0 saturated heterocycles. The van der Waals surface area contributed by atoms with Crippen molar-refractivity contribution in [2.75, 3.05) is 5.32 Å². The highest BCUT2D eigenvalue weighted by Gasteiger charge is 2.19. The average Bonchev–Trinajstić information content (AvgIpc) is 2.93. The van der Waals surface area contributed by atoms with Gasteiger partial charge in [-0.3, -0.25) is 10.1 Å². The standard InChI is InChI=1S/C17H10BrN4O2S.Al/c18-12-3-1-11(2-4-12)15-9-25-17(21-15)22-16(24)13-5-7-19-8-6-14(13)20-10-23;/h1-9H,(H-,20,21,22,23,24);/p+1. The van der Waals surface area contributed by atoms with E-state index in [9.17, 15) is 9.59 Å². The molecule has 0 spiro atoms. The van der Waals surface area contributed by atoms with Gasteiger partial charge in [0.25, 0.3) is 34.6 Å². The molecule has 26 heavy (non-hydrogen) atoms. The Bertz CT molecular complexity index is 988. The summed E-state index contributed by atoms with van der Waals surface area (Å²) < 4.78 is 4.60. The highest BCUT2D eigenvalue weighted by molar-refractivity contribution is 9.10. The molecule has 2 amide bonds. The van der Waals surface area contributed by atoms with E-state index < -0.39 is 0 Å². The van der Waals surface area contributed by atoms with Crippen molar-refractivity contribution in [2.24, 2.45) is 0 Å². The quantitative estimate of drug-likeness (QED) is 0.564. The van der Waals surface area contributed by atoms with Gasteiger partial charge >= 0.3 is 0 Å². The van der Waals surface area contributed by atoms with Crippen LogP contribution in [0.25, 0.3) is 11.3 Å². The van der Waals surface area contributed by atoms with Gasteiger partial charge in [0.1, 0.15) is 4.77 Å². The minimum atomic E-state index is -0.381. The van der Waals surface area contributed by atoms with Crippen molar-refractivity contribution in [3.63, 3.8) is 0 Å². The van der Waals surface area contributed by atoms with Gasteiger partial charge in [0.05, 0.1) is 17.0 Å². The molecule has 126 valence electrons. The minimum Gasteiger partial charge on any atom is -0.344 e. The van der Waals surface area contributed by atoms with Gasteiger partial charge in [-0.25, -0.2) is 4.98 Å². The third kappa shape index (κ3) is 4.67. The first-order valence-corrected chi connectivity index (χ1v) is 9.64. The lowest BCUT2D eigenvalue weighted by Crippen LogP contribution is -2.27. The highest BCUT2D eigenvalue weighted by atomic mass is 79.9. The molecule has 2 radical (unpaired) electrons. The lowest BCUT2D eigenvalue weighted by Gasteiger charge is -2.10. The van der Waals surface area contributed by atoms with E-state index >= 15 is 0 Å². The average molecular weight is 442 g/mol. The lowest BCUT2D eigenvalue weighted by molar-refractivity contribution is -0.112. The molecule has 2 aromatic rings. The van der Waals surface area contributed by atoms with Crippen LogP contribution in [-0.2, 0) is 4.79 Å². The monoisotopic (exact) mass is 441 g/mol. The zero-order valence-electron chi connectivity index (χ0n) is 13.3. The Balaban J connectivity index is 1.77. The molecular weight excluding hydrogens is 431 g/mol. The number of nitrogens with one attached hydrogen (secondary N) is 2. The number of amides is 2. The fourth-order valence-corrected chi connectivity index (χ4v) is 3.29. The molecule has 1 aromatic carbocycles. The molecule has 2 N–H and O–H groups in total. The predicted molar refractivity (Wildman–Crippen MR) is 109 cm³/mol. The van der Waals surface area contributed by atoms with Crippen LogP contribution < -0.4 is 15.3 Å². The molecule has 3 rings (SSSR count). The van der Waals surface area contributed by atoms with Gasteiger partial charge in [-0.1, -0.05) is 28.1 Å². The van der Waals surface area contributed by atoms with Crippen molar-refractivity contribution < 1.29 is 9.59 Å². The Morgan fingerprint density at radius 2 is 1.85 bits per heavy atom. The number of rotatable bonds is 4. The number of hydrogen-bond donors (Lipinski definition) is 2. The van der Waals surface area contributed by atoms with E-state index in [0.717, 1.165) is 15.7 Å². The van der Waals surface area contributed by atoms with Crippen LogP contribution in [0.3, 0.4) is 0 Å². The fourth-order valence-electron chi connectivity index (χ4n) is 2.15. The molecular formula is C17H11AlBrN4O2S+. The van der Waals surface area contributed by atoms with Crippen LogP contribution >= 0.6 is 27.3 Å².